The molecule has 3 aromatic carbocycles. The summed E-state index contributed by atoms with van der Waals surface area (Å²) in [5.74, 6) is -0.684. The van der Waals surface area contributed by atoms with Crippen molar-refractivity contribution in [1.29, 1.82) is 0 Å². The normalized spacial score (nSPS) is 11.8. The first-order valence-corrected chi connectivity index (χ1v) is 10.4. The summed E-state index contributed by atoms with van der Waals surface area (Å²) >= 11 is 0. The number of phenolic OH excluding ortho intramolecular Hbond substituents is 2. The van der Waals surface area contributed by atoms with E-state index >= 15 is 0 Å². The zero-order valence-corrected chi connectivity index (χ0v) is 19.0. The molecule has 0 unspecified atom stereocenters. The van der Waals surface area contributed by atoms with E-state index in [9.17, 15) is 36.2 Å². The molecule has 0 heterocycles. The number of aromatic hydroxyl groups is 2. The molecule has 0 saturated heterocycles. The van der Waals surface area contributed by atoms with Gasteiger partial charge in [-0.05, 0) is 35.7 Å². The summed E-state index contributed by atoms with van der Waals surface area (Å²) in [6.45, 7) is 0. The molecule has 13 heteroatoms. The molecule has 0 spiro atoms. The van der Waals surface area contributed by atoms with Crippen LogP contribution in [0.15, 0.2) is 63.3 Å². The first kappa shape index (κ1) is 26.0. The Morgan fingerprint density at radius 1 is 0.800 bits per heavy atom. The number of phenols is 2. The van der Waals surface area contributed by atoms with Crippen molar-refractivity contribution >= 4 is 72.5 Å². The van der Waals surface area contributed by atoms with E-state index < -0.39 is 35.8 Å². The van der Waals surface area contributed by atoms with Crippen molar-refractivity contribution in [2.75, 3.05) is 0 Å². The van der Waals surface area contributed by atoms with Crippen LogP contribution in [-0.4, -0.2) is 77.4 Å². The van der Waals surface area contributed by atoms with Crippen LogP contribution in [0.3, 0.4) is 0 Å². The molecule has 30 heavy (non-hydrogen) atoms. The van der Waals surface area contributed by atoms with Crippen molar-refractivity contribution in [3.05, 3.63) is 54.1 Å². The van der Waals surface area contributed by atoms with Crippen molar-refractivity contribution in [2.24, 2.45) is 4.99 Å². The predicted octanol–water partition coefficient (Wildman–Crippen LogP) is 1.29. The number of rotatable bonds is 4. The fraction of sp³-hybridized carbons (Fsp3) is 0. The Balaban J connectivity index is 0.00000225. The number of fused-ring (bicyclic) bond motifs is 1. The van der Waals surface area contributed by atoms with Crippen LogP contribution in [0.25, 0.3) is 10.8 Å². The second kappa shape index (κ2) is 9.41. The second-order valence-corrected chi connectivity index (χ2v) is 8.59. The third kappa shape index (κ3) is 5.56. The minimum Gasteiger partial charge on any atom is -0.507 e. The molecule has 155 valence electrons. The van der Waals surface area contributed by atoms with Gasteiger partial charge < -0.3 is 15.7 Å². The van der Waals surface area contributed by atoms with Gasteiger partial charge in [-0.3, -0.25) is 14.1 Å². The third-order valence-electron chi connectivity index (χ3n) is 3.83. The number of nitrogens with zero attached hydrogens (tertiary/aromatic N) is 1. The predicted molar refractivity (Wildman–Crippen MR) is 110 cm³/mol. The van der Waals surface area contributed by atoms with Crippen LogP contribution < -0.4 is 0 Å². The van der Waals surface area contributed by atoms with E-state index in [0.717, 1.165) is 24.3 Å². The summed E-state index contributed by atoms with van der Waals surface area (Å²) in [5, 5.41) is 19.9. The second-order valence-electron chi connectivity index (χ2n) is 5.75. The molecule has 3 aromatic rings. The molecule has 3 rings (SSSR count). The molecule has 0 aromatic heterocycles. The van der Waals surface area contributed by atoms with Gasteiger partial charge in [-0.15, -0.1) is 0 Å². The first-order valence-electron chi connectivity index (χ1n) is 7.54. The van der Waals surface area contributed by atoms with Gasteiger partial charge in [0.15, 0.2) is 0 Å². The fourth-order valence-electron chi connectivity index (χ4n) is 2.55. The van der Waals surface area contributed by atoms with Gasteiger partial charge >= 0.3 is 0 Å². The van der Waals surface area contributed by atoms with Gasteiger partial charge in [0.05, 0.1) is 15.5 Å². The van der Waals surface area contributed by atoms with E-state index in [1.807, 2.05) is 0 Å². The average Bonchev–Trinajstić information content (AvgIpc) is 2.58. The van der Waals surface area contributed by atoms with E-state index in [0.29, 0.717) is 5.56 Å². The third-order valence-corrected chi connectivity index (χ3v) is 5.49. The van der Waals surface area contributed by atoms with Crippen LogP contribution in [0.5, 0.6) is 11.5 Å². The quantitative estimate of drug-likeness (QED) is 0.252. The number of para-hydroxylation sites is 1. The average molecular weight is 464 g/mol. The zero-order chi connectivity index (χ0) is 20.7. The summed E-state index contributed by atoms with van der Waals surface area (Å²) in [5.41, 5.74) is 0.176. The monoisotopic (exact) mass is 464 g/mol. The molecule has 0 amide bonds. The molecule has 0 aliphatic heterocycles. The molecular weight excluding hydrogens is 449 g/mol. The van der Waals surface area contributed by atoms with Crippen molar-refractivity contribution in [3.63, 3.8) is 0 Å². The van der Waals surface area contributed by atoms with Gasteiger partial charge in [0.1, 0.15) is 11.5 Å². The standard InChI is InChI=1S/C17H13NO8S2.Na.H2O/c19-15-4-2-1-3-10(15)9-18-14-7-12(27(21,22)23)5-11-6-13(28(24,25)26)8-16(20)17(11)14;;/h1-9,19-20H,(H,21,22,23)(H,24,25,26);;1H2. The summed E-state index contributed by atoms with van der Waals surface area (Å²) in [7, 11) is -9.37. The summed E-state index contributed by atoms with van der Waals surface area (Å²) in [4.78, 5) is 2.79. The zero-order valence-electron chi connectivity index (χ0n) is 15.4. The van der Waals surface area contributed by atoms with Crippen molar-refractivity contribution in [3.8, 4) is 11.5 Å². The van der Waals surface area contributed by atoms with Crippen LogP contribution in [0.1, 0.15) is 5.56 Å². The van der Waals surface area contributed by atoms with Crippen LogP contribution in [0.4, 0.5) is 5.69 Å². The Kier molecular flexibility index (Phi) is 8.16. The number of hydrogen-bond donors (Lipinski definition) is 4. The minimum absolute atomic E-state index is 0. The maximum Gasteiger partial charge on any atom is 0.294 e. The molecule has 6 N–H and O–H groups in total. The van der Waals surface area contributed by atoms with Crippen molar-refractivity contribution in [2.45, 2.75) is 9.79 Å². The summed E-state index contributed by atoms with van der Waals surface area (Å²) in [6, 6.07) is 9.77. The molecule has 1 radical (unpaired) electrons. The minimum atomic E-state index is -4.69. The molecule has 0 aliphatic rings. The van der Waals surface area contributed by atoms with Crippen molar-refractivity contribution in [1.82, 2.24) is 0 Å². The van der Waals surface area contributed by atoms with E-state index in [2.05, 4.69) is 4.99 Å². The molecule has 10 nitrogen and oxygen atoms in total. The Morgan fingerprint density at radius 3 is 1.87 bits per heavy atom. The molecular formula is C17H15NNaO9S2. The Labute approximate surface area is 193 Å². The summed E-state index contributed by atoms with van der Waals surface area (Å²) < 4.78 is 64.4. The number of hydrogen-bond acceptors (Lipinski definition) is 7. The number of aliphatic imine (C=N–C) groups is 1. The topological polar surface area (TPSA) is 193 Å². The van der Waals surface area contributed by atoms with E-state index in [1.54, 1.807) is 12.1 Å². The van der Waals surface area contributed by atoms with Crippen molar-refractivity contribution < 1.29 is 41.6 Å². The molecule has 0 atom stereocenters. The molecule has 0 bridgehead atoms. The van der Waals surface area contributed by atoms with Gasteiger partial charge in [-0.1, -0.05) is 12.1 Å². The Bertz CT molecular complexity index is 1330. The van der Waals surface area contributed by atoms with Gasteiger partial charge in [0.25, 0.3) is 20.2 Å². The van der Waals surface area contributed by atoms with Gasteiger partial charge in [0, 0.05) is 52.8 Å². The maximum absolute atomic E-state index is 11.6. The van der Waals surface area contributed by atoms with Crippen LogP contribution in [0.2, 0.25) is 0 Å². The maximum atomic E-state index is 11.6. The van der Waals surface area contributed by atoms with E-state index in [-0.39, 0.29) is 57.2 Å². The Morgan fingerprint density at radius 2 is 1.33 bits per heavy atom. The van der Waals surface area contributed by atoms with E-state index in [1.165, 1.54) is 18.3 Å². The fourth-order valence-corrected chi connectivity index (χ4v) is 3.63. The molecule has 0 aliphatic carbocycles. The van der Waals surface area contributed by atoms with Crippen LogP contribution >= 0.6 is 0 Å². The SMILES string of the molecule is O.O=S(=O)(O)c1cc(O)c2c(N=Cc3ccccc3O)cc(S(=O)(=O)O)cc2c1.[Na]. The summed E-state index contributed by atoms with van der Waals surface area (Å²) in [6.07, 6.45) is 1.20. The largest absolute Gasteiger partial charge is 0.507 e. The molecule has 0 saturated carbocycles. The van der Waals surface area contributed by atoms with Crippen LogP contribution in [0, 0.1) is 0 Å². The Hall–Kier alpha value is -2.03. The molecule has 0 fully saturated rings. The van der Waals surface area contributed by atoms with Gasteiger partial charge in [0.2, 0.25) is 0 Å². The van der Waals surface area contributed by atoms with Crippen LogP contribution in [-0.2, 0) is 20.2 Å². The van der Waals surface area contributed by atoms with Gasteiger partial charge in [-0.25, -0.2) is 0 Å². The van der Waals surface area contributed by atoms with Gasteiger partial charge in [-0.2, -0.15) is 16.8 Å². The smallest absolute Gasteiger partial charge is 0.294 e. The first-order chi connectivity index (χ1) is 13.0. The van der Waals surface area contributed by atoms with E-state index in [4.69, 9.17) is 0 Å². The number of benzene rings is 3.